The number of rotatable bonds is 4. The van der Waals surface area contributed by atoms with Crippen molar-refractivity contribution in [2.24, 2.45) is 0 Å². The summed E-state index contributed by atoms with van der Waals surface area (Å²) in [5.74, 6) is -0.181. The Labute approximate surface area is 169 Å². The number of hydrogen-bond donors (Lipinski definition) is 1. The number of aromatic nitrogens is 5. The van der Waals surface area contributed by atoms with Gasteiger partial charge in [0.25, 0.3) is 11.9 Å². The van der Waals surface area contributed by atoms with Crippen molar-refractivity contribution in [3.63, 3.8) is 0 Å². The molecule has 0 fully saturated rings. The quantitative estimate of drug-likeness (QED) is 0.686. The third-order valence-electron chi connectivity index (χ3n) is 3.54. The average Bonchev–Trinajstić information content (AvgIpc) is 3.11. The van der Waals surface area contributed by atoms with Crippen LogP contribution in [0.5, 0.6) is 0 Å². The highest BCUT2D eigenvalue weighted by atomic mass is 35.5. The van der Waals surface area contributed by atoms with Crippen LogP contribution in [0.15, 0.2) is 43.0 Å². The Morgan fingerprint density at radius 1 is 1.18 bits per heavy atom. The van der Waals surface area contributed by atoms with Crippen molar-refractivity contribution < 1.29 is 18.0 Å². The summed E-state index contributed by atoms with van der Waals surface area (Å²) in [6.07, 6.45) is -0.324. The van der Waals surface area contributed by atoms with E-state index in [0.29, 0.717) is 5.82 Å². The Balaban J connectivity index is 0.00000280. The van der Waals surface area contributed by atoms with Gasteiger partial charge in [-0.05, 0) is 31.2 Å². The monoisotopic (exact) mass is 430 g/mol. The number of carbonyl (C=O) groups is 1. The van der Waals surface area contributed by atoms with Gasteiger partial charge in [0, 0.05) is 23.0 Å². The fourth-order valence-corrected chi connectivity index (χ4v) is 2.56. The lowest BCUT2D eigenvalue weighted by Gasteiger charge is -2.15. The molecule has 0 spiro atoms. The average molecular weight is 431 g/mol. The van der Waals surface area contributed by atoms with Gasteiger partial charge >= 0.3 is 6.18 Å². The van der Waals surface area contributed by atoms with E-state index in [4.69, 9.17) is 11.6 Å². The summed E-state index contributed by atoms with van der Waals surface area (Å²) >= 11 is 5.72. The van der Waals surface area contributed by atoms with E-state index in [-0.39, 0.29) is 30.0 Å². The van der Waals surface area contributed by atoms with Crippen molar-refractivity contribution >= 4 is 31.0 Å². The SMILES string of the molecule is C[C@H](NC(=O)c1cc(Cl)cc(C(F)(F)F)c1)c1ncnn1-c1ncccn1.S. The van der Waals surface area contributed by atoms with E-state index >= 15 is 0 Å². The van der Waals surface area contributed by atoms with Gasteiger partial charge < -0.3 is 5.32 Å². The second kappa shape index (κ2) is 8.57. The van der Waals surface area contributed by atoms with Gasteiger partial charge in [-0.2, -0.15) is 36.4 Å². The molecule has 1 N–H and O–H groups in total. The molecule has 0 saturated heterocycles. The molecule has 1 atom stereocenters. The lowest BCUT2D eigenvalue weighted by molar-refractivity contribution is -0.137. The Bertz CT molecular complexity index is 967. The summed E-state index contributed by atoms with van der Waals surface area (Å²) in [5, 5.41) is 6.39. The van der Waals surface area contributed by atoms with Crippen LogP contribution in [0, 0.1) is 0 Å². The molecule has 3 rings (SSSR count). The first-order valence-electron chi connectivity index (χ1n) is 7.61. The molecule has 7 nitrogen and oxygen atoms in total. The minimum Gasteiger partial charge on any atom is -0.342 e. The second-order valence-electron chi connectivity index (χ2n) is 5.50. The van der Waals surface area contributed by atoms with E-state index in [1.54, 1.807) is 13.0 Å². The minimum absolute atomic E-state index is 0. The largest absolute Gasteiger partial charge is 0.416 e. The minimum atomic E-state index is -4.61. The number of amides is 1. The van der Waals surface area contributed by atoms with Gasteiger partial charge in [-0.25, -0.2) is 15.0 Å². The van der Waals surface area contributed by atoms with E-state index in [1.807, 2.05) is 0 Å². The summed E-state index contributed by atoms with van der Waals surface area (Å²) in [7, 11) is 0. The molecule has 3 aromatic rings. The molecule has 1 amide bonds. The number of carbonyl (C=O) groups excluding carboxylic acids is 1. The maximum Gasteiger partial charge on any atom is 0.416 e. The molecule has 1 aromatic carbocycles. The van der Waals surface area contributed by atoms with E-state index in [0.717, 1.165) is 18.2 Å². The molecule has 0 aliphatic heterocycles. The van der Waals surface area contributed by atoms with E-state index < -0.39 is 23.7 Å². The van der Waals surface area contributed by atoms with Crippen LogP contribution < -0.4 is 5.32 Å². The highest BCUT2D eigenvalue weighted by Gasteiger charge is 2.32. The third-order valence-corrected chi connectivity index (χ3v) is 3.76. The Morgan fingerprint density at radius 3 is 2.50 bits per heavy atom. The molecular weight excluding hydrogens is 417 g/mol. The topological polar surface area (TPSA) is 85.6 Å². The fraction of sp³-hybridized carbons (Fsp3) is 0.188. The second-order valence-corrected chi connectivity index (χ2v) is 5.94. The molecule has 2 aromatic heterocycles. The van der Waals surface area contributed by atoms with Gasteiger partial charge in [0.2, 0.25) is 0 Å². The van der Waals surface area contributed by atoms with Crippen molar-refractivity contribution in [3.8, 4) is 5.95 Å². The van der Waals surface area contributed by atoms with Crippen LogP contribution in [-0.4, -0.2) is 30.6 Å². The summed E-state index contributed by atoms with van der Waals surface area (Å²) < 4.78 is 40.1. The van der Waals surface area contributed by atoms with Crippen LogP contribution in [-0.2, 0) is 6.18 Å². The Morgan fingerprint density at radius 2 is 1.86 bits per heavy atom. The normalized spacial score (nSPS) is 12.2. The summed E-state index contributed by atoms with van der Waals surface area (Å²) in [6.45, 7) is 1.61. The van der Waals surface area contributed by atoms with Gasteiger partial charge in [-0.1, -0.05) is 11.6 Å². The number of nitrogens with one attached hydrogen (secondary N) is 1. The maximum absolute atomic E-state index is 12.9. The number of hydrogen-bond acceptors (Lipinski definition) is 5. The molecule has 148 valence electrons. The fourth-order valence-electron chi connectivity index (χ4n) is 2.33. The smallest absolute Gasteiger partial charge is 0.342 e. The van der Waals surface area contributed by atoms with Crippen LogP contribution >= 0.6 is 25.1 Å². The Hall–Kier alpha value is -2.66. The van der Waals surface area contributed by atoms with Crippen molar-refractivity contribution in [1.29, 1.82) is 0 Å². The van der Waals surface area contributed by atoms with Crippen molar-refractivity contribution in [3.05, 3.63) is 65.0 Å². The molecule has 0 saturated carbocycles. The number of alkyl halides is 3. The molecule has 0 aliphatic rings. The lowest BCUT2D eigenvalue weighted by Crippen LogP contribution is -2.29. The highest BCUT2D eigenvalue weighted by molar-refractivity contribution is 7.59. The molecule has 0 unspecified atom stereocenters. The molecule has 2 heterocycles. The van der Waals surface area contributed by atoms with Crippen LogP contribution in [0.4, 0.5) is 13.2 Å². The highest BCUT2D eigenvalue weighted by Crippen LogP contribution is 2.32. The molecular formula is C16H14ClF3N6OS. The van der Waals surface area contributed by atoms with E-state index in [9.17, 15) is 18.0 Å². The molecule has 0 radical (unpaired) electrons. The number of halogens is 4. The van der Waals surface area contributed by atoms with Crippen molar-refractivity contribution in [2.75, 3.05) is 0 Å². The first kappa shape index (κ1) is 21.6. The van der Waals surface area contributed by atoms with Gasteiger partial charge in [0.15, 0.2) is 5.82 Å². The number of nitrogens with zero attached hydrogens (tertiary/aromatic N) is 5. The van der Waals surface area contributed by atoms with Crippen LogP contribution in [0.2, 0.25) is 5.02 Å². The predicted octanol–water partition coefficient (Wildman–Crippen LogP) is 3.33. The van der Waals surface area contributed by atoms with Gasteiger partial charge in [0.05, 0.1) is 11.6 Å². The summed E-state index contributed by atoms with van der Waals surface area (Å²) in [6, 6.07) is 3.59. The maximum atomic E-state index is 12.9. The first-order valence-corrected chi connectivity index (χ1v) is 7.99. The van der Waals surface area contributed by atoms with Crippen LogP contribution in [0.3, 0.4) is 0 Å². The third kappa shape index (κ3) is 4.78. The molecule has 0 aliphatic carbocycles. The van der Waals surface area contributed by atoms with Crippen molar-refractivity contribution in [1.82, 2.24) is 30.0 Å². The van der Waals surface area contributed by atoms with Crippen molar-refractivity contribution in [2.45, 2.75) is 19.1 Å². The zero-order chi connectivity index (χ0) is 19.6. The molecule has 28 heavy (non-hydrogen) atoms. The van der Waals surface area contributed by atoms with Gasteiger partial charge in [-0.3, -0.25) is 4.79 Å². The van der Waals surface area contributed by atoms with Crippen LogP contribution in [0.25, 0.3) is 5.95 Å². The first-order chi connectivity index (χ1) is 12.8. The van der Waals surface area contributed by atoms with Gasteiger partial charge in [-0.15, -0.1) is 0 Å². The zero-order valence-corrected chi connectivity index (χ0v) is 16.0. The summed E-state index contributed by atoms with van der Waals surface area (Å²) in [5.41, 5.74) is -1.22. The Kier molecular flexibility index (Phi) is 6.62. The van der Waals surface area contributed by atoms with Gasteiger partial charge in [0.1, 0.15) is 6.33 Å². The standard InChI is InChI=1S/C16H12ClF3N6O.H2S/c1-9(13-23-8-24-26(13)15-21-3-2-4-22-15)25-14(27)10-5-11(16(18,19)20)7-12(17)6-10;/h2-9H,1H3,(H,25,27);1H2/t9-;/m0./s1. The summed E-state index contributed by atoms with van der Waals surface area (Å²) in [4.78, 5) is 24.6. The predicted molar refractivity (Wildman–Crippen MR) is 99.7 cm³/mol. The molecule has 12 heteroatoms. The van der Waals surface area contributed by atoms with Crippen LogP contribution in [0.1, 0.15) is 34.7 Å². The lowest BCUT2D eigenvalue weighted by atomic mass is 10.1. The number of benzene rings is 1. The van der Waals surface area contributed by atoms with E-state index in [2.05, 4.69) is 25.4 Å². The molecule has 0 bridgehead atoms. The van der Waals surface area contributed by atoms with E-state index in [1.165, 1.54) is 23.4 Å². The zero-order valence-electron chi connectivity index (χ0n) is 14.3.